The van der Waals surface area contributed by atoms with Crippen LogP contribution in [0.5, 0.6) is 0 Å². The predicted molar refractivity (Wildman–Crippen MR) is 83.5 cm³/mol. The normalized spacial score (nSPS) is 13.6. The van der Waals surface area contributed by atoms with Crippen molar-refractivity contribution in [1.82, 2.24) is 0 Å². The van der Waals surface area contributed by atoms with Gasteiger partial charge in [-0.15, -0.1) is 0 Å². The fraction of sp³-hybridized carbons (Fsp3) is 0.600. The van der Waals surface area contributed by atoms with E-state index in [4.69, 9.17) is 15.4 Å². The lowest BCUT2D eigenvalue weighted by Crippen LogP contribution is -2.23. The Kier molecular flexibility index (Phi) is 7.56. The van der Waals surface area contributed by atoms with Crippen molar-refractivity contribution in [1.29, 1.82) is 0 Å². The largest absolute Gasteiger partial charge is 0.381 e. The molecule has 20 heavy (non-hydrogen) atoms. The van der Waals surface area contributed by atoms with Crippen LogP contribution in [-0.2, 0) is 20.2 Å². The number of ether oxygens (including phenoxy) is 1. The Labute approximate surface area is 126 Å². The summed E-state index contributed by atoms with van der Waals surface area (Å²) in [6.07, 6.45) is 1.91. The van der Waals surface area contributed by atoms with Crippen LogP contribution in [0.1, 0.15) is 25.8 Å². The first kappa shape index (κ1) is 17.5. The molecule has 3 nitrogen and oxygen atoms in total. The van der Waals surface area contributed by atoms with Gasteiger partial charge in [0.15, 0.2) is 0 Å². The van der Waals surface area contributed by atoms with E-state index in [-0.39, 0.29) is 17.6 Å². The van der Waals surface area contributed by atoms with Crippen molar-refractivity contribution < 1.29 is 13.2 Å². The summed E-state index contributed by atoms with van der Waals surface area (Å²) in [4.78, 5) is 0. The van der Waals surface area contributed by atoms with Crippen LogP contribution < -0.4 is 0 Å². The minimum Gasteiger partial charge on any atom is -0.381 e. The van der Waals surface area contributed by atoms with Gasteiger partial charge in [-0.25, -0.2) is 8.42 Å². The SMILES string of the molecule is CC(C)C(COCCCc1ccccc1)CS(=O)(=O)Cl. The molecule has 0 fully saturated rings. The summed E-state index contributed by atoms with van der Waals surface area (Å²) in [6.45, 7) is 5.05. The number of hydrogen-bond donors (Lipinski definition) is 0. The van der Waals surface area contributed by atoms with Crippen LogP contribution in [-0.4, -0.2) is 27.4 Å². The molecule has 114 valence electrons. The second-order valence-electron chi connectivity index (χ2n) is 5.37. The zero-order valence-electron chi connectivity index (χ0n) is 12.1. The number of halogens is 1. The molecule has 0 heterocycles. The van der Waals surface area contributed by atoms with Crippen LogP contribution in [0.2, 0.25) is 0 Å². The van der Waals surface area contributed by atoms with Gasteiger partial charge in [0.05, 0.1) is 12.4 Å². The molecular weight excluding hydrogens is 296 g/mol. The molecule has 0 spiro atoms. The highest BCUT2D eigenvalue weighted by Gasteiger charge is 2.20. The molecule has 1 aromatic rings. The van der Waals surface area contributed by atoms with Crippen LogP contribution in [0.4, 0.5) is 0 Å². The Morgan fingerprint density at radius 2 is 1.85 bits per heavy atom. The molecule has 5 heteroatoms. The van der Waals surface area contributed by atoms with Gasteiger partial charge in [0, 0.05) is 17.3 Å². The molecule has 0 aromatic heterocycles. The van der Waals surface area contributed by atoms with E-state index < -0.39 is 9.05 Å². The van der Waals surface area contributed by atoms with Gasteiger partial charge in [-0.1, -0.05) is 44.2 Å². The monoisotopic (exact) mass is 318 g/mol. The number of aryl methyl sites for hydroxylation is 1. The van der Waals surface area contributed by atoms with Gasteiger partial charge >= 0.3 is 0 Å². The van der Waals surface area contributed by atoms with E-state index in [9.17, 15) is 8.42 Å². The molecule has 0 aliphatic carbocycles. The molecular formula is C15H23ClO3S. The minimum absolute atomic E-state index is 0.0229. The van der Waals surface area contributed by atoms with Gasteiger partial charge in [0.1, 0.15) is 0 Å². The van der Waals surface area contributed by atoms with Gasteiger partial charge in [-0.05, 0) is 30.2 Å². The van der Waals surface area contributed by atoms with Crippen molar-refractivity contribution in [2.45, 2.75) is 26.7 Å². The summed E-state index contributed by atoms with van der Waals surface area (Å²) in [5.74, 6) is 0.164. The van der Waals surface area contributed by atoms with Crippen molar-refractivity contribution >= 4 is 19.7 Å². The second kappa shape index (κ2) is 8.65. The average molecular weight is 319 g/mol. The highest BCUT2D eigenvalue weighted by atomic mass is 35.7. The van der Waals surface area contributed by atoms with Crippen LogP contribution >= 0.6 is 10.7 Å². The van der Waals surface area contributed by atoms with Crippen molar-refractivity contribution in [2.75, 3.05) is 19.0 Å². The van der Waals surface area contributed by atoms with E-state index in [0.29, 0.717) is 13.2 Å². The van der Waals surface area contributed by atoms with Crippen molar-refractivity contribution in [3.05, 3.63) is 35.9 Å². The lowest BCUT2D eigenvalue weighted by atomic mass is 9.99. The van der Waals surface area contributed by atoms with Gasteiger partial charge < -0.3 is 4.74 Å². The molecule has 0 saturated carbocycles. The summed E-state index contributed by atoms with van der Waals surface area (Å²) in [5, 5.41) is 0. The minimum atomic E-state index is -3.46. The summed E-state index contributed by atoms with van der Waals surface area (Å²) in [6, 6.07) is 10.2. The summed E-state index contributed by atoms with van der Waals surface area (Å²) in [7, 11) is 1.85. The molecule has 0 aliphatic heterocycles. The smallest absolute Gasteiger partial charge is 0.232 e. The Morgan fingerprint density at radius 1 is 1.20 bits per heavy atom. The Bertz CT molecular complexity index is 471. The maximum Gasteiger partial charge on any atom is 0.232 e. The first-order valence-electron chi connectivity index (χ1n) is 6.92. The lowest BCUT2D eigenvalue weighted by Gasteiger charge is -2.19. The zero-order valence-corrected chi connectivity index (χ0v) is 13.7. The maximum absolute atomic E-state index is 11.1. The topological polar surface area (TPSA) is 43.4 Å². The Balaban J connectivity index is 2.24. The quantitative estimate of drug-likeness (QED) is 0.517. The van der Waals surface area contributed by atoms with Gasteiger partial charge in [-0.3, -0.25) is 0 Å². The second-order valence-corrected chi connectivity index (χ2v) is 8.20. The van der Waals surface area contributed by atoms with Gasteiger partial charge in [0.25, 0.3) is 0 Å². The summed E-state index contributed by atoms with van der Waals surface area (Å²) in [5.41, 5.74) is 1.29. The van der Waals surface area contributed by atoms with Gasteiger partial charge in [-0.2, -0.15) is 0 Å². The third kappa shape index (κ3) is 7.88. The fourth-order valence-corrected chi connectivity index (χ4v) is 3.42. The molecule has 0 bridgehead atoms. The first-order valence-corrected chi connectivity index (χ1v) is 9.40. The Morgan fingerprint density at radius 3 is 2.40 bits per heavy atom. The van der Waals surface area contributed by atoms with Crippen molar-refractivity contribution in [3.63, 3.8) is 0 Å². The maximum atomic E-state index is 11.1. The van der Waals surface area contributed by atoms with E-state index in [1.165, 1.54) is 5.56 Å². The predicted octanol–water partition coefficient (Wildman–Crippen LogP) is 3.48. The highest BCUT2D eigenvalue weighted by Crippen LogP contribution is 2.16. The van der Waals surface area contributed by atoms with E-state index in [1.807, 2.05) is 32.0 Å². The lowest BCUT2D eigenvalue weighted by molar-refractivity contribution is 0.0893. The average Bonchev–Trinajstić information content (AvgIpc) is 2.36. The summed E-state index contributed by atoms with van der Waals surface area (Å²) >= 11 is 0. The van der Waals surface area contributed by atoms with Crippen LogP contribution in [0.3, 0.4) is 0 Å². The van der Waals surface area contributed by atoms with Gasteiger partial charge in [0.2, 0.25) is 9.05 Å². The Hall–Kier alpha value is -0.580. The summed E-state index contributed by atoms with van der Waals surface area (Å²) < 4.78 is 27.9. The molecule has 0 N–H and O–H groups in total. The molecule has 0 amide bonds. The molecule has 1 unspecified atom stereocenters. The fourth-order valence-electron chi connectivity index (χ4n) is 1.95. The molecule has 0 saturated heterocycles. The first-order chi connectivity index (χ1) is 9.38. The van der Waals surface area contributed by atoms with Crippen LogP contribution in [0.15, 0.2) is 30.3 Å². The van der Waals surface area contributed by atoms with E-state index >= 15 is 0 Å². The highest BCUT2D eigenvalue weighted by molar-refractivity contribution is 8.13. The number of benzene rings is 1. The number of hydrogen-bond acceptors (Lipinski definition) is 3. The molecule has 1 rings (SSSR count). The molecule has 0 radical (unpaired) electrons. The van der Waals surface area contributed by atoms with Crippen molar-refractivity contribution in [3.8, 4) is 0 Å². The standard InChI is InChI=1S/C15H23ClO3S/c1-13(2)15(12-20(16,17)18)11-19-10-6-9-14-7-4-3-5-8-14/h3-5,7-8,13,15H,6,9-12H2,1-2H3. The van der Waals surface area contributed by atoms with E-state index in [2.05, 4.69) is 12.1 Å². The van der Waals surface area contributed by atoms with Crippen LogP contribution in [0.25, 0.3) is 0 Å². The molecule has 1 atom stereocenters. The van der Waals surface area contributed by atoms with E-state index in [1.54, 1.807) is 0 Å². The third-order valence-corrected chi connectivity index (χ3v) is 4.49. The molecule has 1 aromatic carbocycles. The van der Waals surface area contributed by atoms with Crippen molar-refractivity contribution in [2.24, 2.45) is 11.8 Å². The van der Waals surface area contributed by atoms with Crippen LogP contribution in [0, 0.1) is 11.8 Å². The number of rotatable bonds is 9. The zero-order chi connectivity index (χ0) is 15.0. The third-order valence-electron chi connectivity index (χ3n) is 3.28. The van der Waals surface area contributed by atoms with E-state index in [0.717, 1.165) is 12.8 Å². The molecule has 0 aliphatic rings.